The predicted octanol–water partition coefficient (Wildman–Crippen LogP) is 6.02. The molecule has 4 nitrogen and oxygen atoms in total. The normalized spacial score (nSPS) is 23.0. The Labute approximate surface area is 185 Å². The van der Waals surface area contributed by atoms with Gasteiger partial charge in [-0.2, -0.15) is 0 Å². The molecule has 1 aliphatic rings. The van der Waals surface area contributed by atoms with Gasteiger partial charge in [0.2, 0.25) is 10.6 Å². The molecule has 2 aromatic heterocycles. The molecule has 0 spiro atoms. The Morgan fingerprint density at radius 2 is 0.900 bits per heavy atom. The number of halogens is 2. The predicted molar refractivity (Wildman–Crippen MR) is 118 cm³/mol. The van der Waals surface area contributed by atoms with Crippen LogP contribution < -0.4 is 0 Å². The summed E-state index contributed by atoms with van der Waals surface area (Å²) in [4.78, 5) is 17.3. The molecule has 1 saturated carbocycles. The largest absolute Gasteiger partial charge is 0.227 e. The van der Waals surface area contributed by atoms with Crippen molar-refractivity contribution in [3.8, 4) is 0 Å². The summed E-state index contributed by atoms with van der Waals surface area (Å²) in [6.07, 6.45) is 3.45. The quantitative estimate of drug-likeness (QED) is 0.369. The number of aromatic nitrogens is 4. The highest BCUT2D eigenvalue weighted by atomic mass is 35.5. The topological polar surface area (TPSA) is 51.6 Å². The van der Waals surface area contributed by atoms with Crippen LogP contribution in [0, 0.1) is 0 Å². The van der Waals surface area contributed by atoms with Crippen LogP contribution in [0.3, 0.4) is 0 Å². The fraction of sp³-hybridized carbons (Fsp3) is 0.167. The summed E-state index contributed by atoms with van der Waals surface area (Å²) in [6.45, 7) is 0. The van der Waals surface area contributed by atoms with Crippen LogP contribution in [-0.2, 0) is 0 Å². The molecule has 5 rings (SSSR count). The van der Waals surface area contributed by atoms with Crippen LogP contribution in [0.4, 0.5) is 0 Å². The molecule has 0 saturated heterocycles. The van der Waals surface area contributed by atoms with Crippen LogP contribution in [0.1, 0.15) is 46.2 Å². The Balaban J connectivity index is 1.69. The first kappa shape index (κ1) is 19.2. The van der Waals surface area contributed by atoms with E-state index in [-0.39, 0.29) is 34.2 Å². The molecule has 4 aromatic rings. The first-order valence-electron chi connectivity index (χ1n) is 9.79. The van der Waals surface area contributed by atoms with Gasteiger partial charge in [0.05, 0.1) is 0 Å². The van der Waals surface area contributed by atoms with E-state index >= 15 is 0 Å². The highest BCUT2D eigenvalue weighted by Gasteiger charge is 2.54. The first-order valence-corrected chi connectivity index (χ1v) is 10.5. The summed E-state index contributed by atoms with van der Waals surface area (Å²) in [7, 11) is 0. The summed E-state index contributed by atoms with van der Waals surface area (Å²) in [6, 6.07) is 24.9. The third kappa shape index (κ3) is 3.47. The molecular formula is C24H18Cl2N4. The van der Waals surface area contributed by atoms with E-state index in [1.807, 2.05) is 24.3 Å². The smallest absolute Gasteiger partial charge is 0.222 e. The molecule has 0 atom stereocenters. The van der Waals surface area contributed by atoms with Crippen molar-refractivity contribution in [2.75, 3.05) is 0 Å². The van der Waals surface area contributed by atoms with Crippen molar-refractivity contribution in [3.63, 3.8) is 0 Å². The fourth-order valence-corrected chi connectivity index (χ4v) is 5.04. The minimum absolute atomic E-state index is 0.133. The van der Waals surface area contributed by atoms with Crippen LogP contribution in [0.15, 0.2) is 85.2 Å². The van der Waals surface area contributed by atoms with E-state index in [4.69, 9.17) is 23.2 Å². The second kappa shape index (κ2) is 8.13. The van der Waals surface area contributed by atoms with Crippen molar-refractivity contribution in [2.45, 2.75) is 23.7 Å². The molecular weight excluding hydrogens is 415 g/mol. The van der Waals surface area contributed by atoms with Gasteiger partial charge in [-0.25, -0.2) is 19.9 Å². The van der Waals surface area contributed by atoms with Crippen LogP contribution in [-0.4, -0.2) is 19.9 Å². The molecule has 2 aromatic carbocycles. The second-order valence-corrected chi connectivity index (χ2v) is 8.10. The van der Waals surface area contributed by atoms with E-state index in [0.29, 0.717) is 0 Å². The maximum Gasteiger partial charge on any atom is 0.222 e. The van der Waals surface area contributed by atoms with Crippen molar-refractivity contribution >= 4 is 23.2 Å². The number of rotatable bonds is 4. The molecule has 30 heavy (non-hydrogen) atoms. The van der Waals surface area contributed by atoms with Crippen molar-refractivity contribution < 1.29 is 0 Å². The molecule has 0 bridgehead atoms. The molecule has 6 heteroatoms. The lowest BCUT2D eigenvalue weighted by atomic mass is 9.50. The van der Waals surface area contributed by atoms with E-state index in [9.17, 15) is 0 Å². The Kier molecular flexibility index (Phi) is 5.19. The second-order valence-electron chi connectivity index (χ2n) is 7.43. The fourth-order valence-electron chi connectivity index (χ4n) is 4.73. The van der Waals surface area contributed by atoms with E-state index < -0.39 is 0 Å². The maximum atomic E-state index is 6.17. The van der Waals surface area contributed by atoms with Crippen LogP contribution in [0.2, 0.25) is 10.6 Å². The molecule has 0 amide bonds. The lowest BCUT2D eigenvalue weighted by molar-refractivity contribution is 0.220. The lowest BCUT2D eigenvalue weighted by Gasteiger charge is -2.52. The van der Waals surface area contributed by atoms with E-state index in [1.165, 1.54) is 11.1 Å². The number of nitrogens with zero attached hydrogens (tertiary/aromatic N) is 4. The lowest BCUT2D eigenvalue weighted by Crippen LogP contribution is -2.41. The van der Waals surface area contributed by atoms with Gasteiger partial charge in [0.25, 0.3) is 0 Å². The van der Waals surface area contributed by atoms with Crippen molar-refractivity contribution in [2.24, 2.45) is 0 Å². The number of hydrogen-bond donors (Lipinski definition) is 0. The monoisotopic (exact) mass is 432 g/mol. The minimum atomic E-state index is 0.133. The van der Waals surface area contributed by atoms with Gasteiger partial charge in [0.1, 0.15) is 0 Å². The first-order chi connectivity index (χ1) is 14.7. The number of hydrogen-bond acceptors (Lipinski definition) is 4. The molecule has 1 aliphatic carbocycles. The Bertz CT molecular complexity index is 1050. The molecule has 2 heterocycles. The van der Waals surface area contributed by atoms with E-state index in [0.717, 1.165) is 11.4 Å². The summed E-state index contributed by atoms with van der Waals surface area (Å²) >= 11 is 12.3. The summed E-state index contributed by atoms with van der Waals surface area (Å²) in [5.41, 5.74) is 4.36. The Morgan fingerprint density at radius 3 is 1.27 bits per heavy atom. The zero-order valence-electron chi connectivity index (χ0n) is 15.9. The van der Waals surface area contributed by atoms with Crippen LogP contribution in [0.25, 0.3) is 0 Å². The van der Waals surface area contributed by atoms with Crippen molar-refractivity contribution in [1.29, 1.82) is 0 Å². The zero-order chi connectivity index (χ0) is 20.5. The molecule has 0 unspecified atom stereocenters. The molecule has 1 fully saturated rings. The van der Waals surface area contributed by atoms with E-state index in [1.54, 1.807) is 12.4 Å². The van der Waals surface area contributed by atoms with Crippen LogP contribution >= 0.6 is 23.2 Å². The SMILES string of the molecule is Clc1nccc([C@H]2[C@H](c3ccccc3)[C@@H](c3ccnc(Cl)n3)[C@H]2c2ccccc2)n1. The van der Waals surface area contributed by atoms with Crippen molar-refractivity contribution in [1.82, 2.24) is 19.9 Å². The van der Waals surface area contributed by atoms with Gasteiger partial charge >= 0.3 is 0 Å². The molecule has 0 aliphatic heterocycles. The minimum Gasteiger partial charge on any atom is -0.227 e. The zero-order valence-corrected chi connectivity index (χ0v) is 17.4. The highest BCUT2D eigenvalue weighted by Crippen LogP contribution is 2.65. The third-order valence-electron chi connectivity index (χ3n) is 5.90. The van der Waals surface area contributed by atoms with Gasteiger partial charge in [-0.1, -0.05) is 60.7 Å². The average molecular weight is 433 g/mol. The summed E-state index contributed by atoms with van der Waals surface area (Å²) in [5, 5.41) is 0.527. The molecule has 0 N–H and O–H groups in total. The Hall–Kier alpha value is -2.82. The summed E-state index contributed by atoms with van der Waals surface area (Å²) in [5.74, 6) is 0.616. The Morgan fingerprint density at radius 1 is 0.500 bits per heavy atom. The van der Waals surface area contributed by atoms with Crippen molar-refractivity contribution in [3.05, 3.63) is 118 Å². The van der Waals surface area contributed by atoms with Gasteiger partial charge in [-0.05, 0) is 46.5 Å². The average Bonchev–Trinajstić information content (AvgIpc) is 2.75. The molecule has 148 valence electrons. The van der Waals surface area contributed by atoms with Gasteiger partial charge in [0.15, 0.2) is 0 Å². The molecule has 0 radical (unpaired) electrons. The van der Waals surface area contributed by atoms with Gasteiger partial charge in [-0.3, -0.25) is 0 Å². The van der Waals surface area contributed by atoms with Gasteiger partial charge in [0, 0.05) is 47.5 Å². The van der Waals surface area contributed by atoms with Crippen LogP contribution in [0.5, 0.6) is 0 Å². The standard InChI is InChI=1S/C24H18Cl2N4/c25-23-27-13-11-17(29-23)21-19(15-7-3-1-4-8-15)22(18-12-14-28-24(26)30-18)20(21)16-9-5-2-6-10-16/h1-14,19-22H/t19-,20-,21-,22+. The third-order valence-corrected chi connectivity index (χ3v) is 6.26. The number of benzene rings is 2. The van der Waals surface area contributed by atoms with Gasteiger partial charge in [-0.15, -0.1) is 0 Å². The highest BCUT2D eigenvalue weighted by molar-refractivity contribution is 6.28. The summed E-state index contributed by atoms with van der Waals surface area (Å²) < 4.78 is 0. The van der Waals surface area contributed by atoms with Gasteiger partial charge < -0.3 is 0 Å². The van der Waals surface area contributed by atoms with E-state index in [2.05, 4.69) is 68.5 Å². The maximum absolute atomic E-state index is 6.17.